The smallest absolute Gasteiger partial charge is 0.136 e. The first-order valence-electron chi connectivity index (χ1n) is 6.36. The van der Waals surface area contributed by atoms with Gasteiger partial charge in [-0.3, -0.25) is 0 Å². The van der Waals surface area contributed by atoms with Gasteiger partial charge in [0.05, 0.1) is 10.0 Å². The lowest BCUT2D eigenvalue weighted by Gasteiger charge is -2.18. The van der Waals surface area contributed by atoms with E-state index in [9.17, 15) is 0 Å². The summed E-state index contributed by atoms with van der Waals surface area (Å²) in [5, 5.41) is 2.38. The van der Waals surface area contributed by atoms with Gasteiger partial charge in [-0.1, -0.05) is 67.3 Å². The molecule has 1 aromatic carbocycles. The highest BCUT2D eigenvalue weighted by Gasteiger charge is 2.21. The maximum absolute atomic E-state index is 6.24. The van der Waals surface area contributed by atoms with Crippen molar-refractivity contribution in [1.82, 2.24) is 9.97 Å². The molecule has 0 fully saturated rings. The standard InChI is InChI=1S/C15H15Cl3N2S/c1-8-12(18)19-14(15(2,3)4)20-13(8)21-9-5-6-10(16)11(17)7-9/h5-7H,1-4H3. The molecule has 2 aromatic rings. The molecule has 1 heterocycles. The van der Waals surface area contributed by atoms with Crippen LogP contribution in [0.2, 0.25) is 15.2 Å². The van der Waals surface area contributed by atoms with Crippen molar-refractivity contribution >= 4 is 46.6 Å². The molecule has 0 saturated heterocycles. The summed E-state index contributed by atoms with van der Waals surface area (Å²) in [6.07, 6.45) is 0. The summed E-state index contributed by atoms with van der Waals surface area (Å²) in [4.78, 5) is 9.98. The van der Waals surface area contributed by atoms with Gasteiger partial charge in [0, 0.05) is 15.9 Å². The van der Waals surface area contributed by atoms with E-state index in [1.165, 1.54) is 11.8 Å². The van der Waals surface area contributed by atoms with E-state index in [1.807, 2.05) is 19.1 Å². The molecule has 0 radical (unpaired) electrons. The van der Waals surface area contributed by atoms with Crippen LogP contribution in [0.3, 0.4) is 0 Å². The molecule has 21 heavy (non-hydrogen) atoms. The van der Waals surface area contributed by atoms with Gasteiger partial charge in [0.15, 0.2) is 0 Å². The molecule has 0 unspecified atom stereocenters. The van der Waals surface area contributed by atoms with Crippen LogP contribution in [0.5, 0.6) is 0 Å². The Morgan fingerprint density at radius 2 is 1.67 bits per heavy atom. The van der Waals surface area contributed by atoms with E-state index in [4.69, 9.17) is 34.8 Å². The van der Waals surface area contributed by atoms with E-state index >= 15 is 0 Å². The van der Waals surface area contributed by atoms with Crippen LogP contribution < -0.4 is 0 Å². The van der Waals surface area contributed by atoms with Crippen molar-refractivity contribution in [2.75, 3.05) is 0 Å². The lowest BCUT2D eigenvalue weighted by molar-refractivity contribution is 0.537. The molecule has 0 atom stereocenters. The highest BCUT2D eigenvalue weighted by molar-refractivity contribution is 7.99. The quantitative estimate of drug-likeness (QED) is 0.596. The molecule has 0 saturated carbocycles. The Bertz CT molecular complexity index is 681. The minimum absolute atomic E-state index is 0.162. The molecule has 1 aromatic heterocycles. The molecule has 0 aliphatic heterocycles. The van der Waals surface area contributed by atoms with E-state index in [2.05, 4.69) is 30.7 Å². The average molecular weight is 362 g/mol. The Balaban J connectivity index is 2.43. The minimum atomic E-state index is -0.162. The number of nitrogens with zero attached hydrogens (tertiary/aromatic N) is 2. The van der Waals surface area contributed by atoms with Crippen molar-refractivity contribution in [2.45, 2.75) is 43.0 Å². The molecule has 112 valence electrons. The molecular formula is C15H15Cl3N2S. The minimum Gasteiger partial charge on any atom is -0.225 e. The normalized spacial score (nSPS) is 11.8. The SMILES string of the molecule is Cc1c(Cl)nc(C(C)(C)C)nc1Sc1ccc(Cl)c(Cl)c1. The van der Waals surface area contributed by atoms with E-state index < -0.39 is 0 Å². The van der Waals surface area contributed by atoms with Crippen LogP contribution in [-0.2, 0) is 5.41 Å². The monoisotopic (exact) mass is 360 g/mol. The highest BCUT2D eigenvalue weighted by Crippen LogP contribution is 2.35. The molecule has 6 heteroatoms. The van der Waals surface area contributed by atoms with Crippen LogP contribution >= 0.6 is 46.6 Å². The Kier molecular flexibility index (Phi) is 5.09. The lowest BCUT2D eigenvalue weighted by Crippen LogP contribution is -2.17. The zero-order chi connectivity index (χ0) is 15.8. The highest BCUT2D eigenvalue weighted by atomic mass is 35.5. The van der Waals surface area contributed by atoms with Crippen LogP contribution in [0.25, 0.3) is 0 Å². The summed E-state index contributed by atoms with van der Waals surface area (Å²) in [6.45, 7) is 8.08. The van der Waals surface area contributed by atoms with Crippen molar-refractivity contribution in [1.29, 1.82) is 0 Å². The zero-order valence-corrected chi connectivity index (χ0v) is 15.3. The molecular weight excluding hydrogens is 347 g/mol. The first-order chi connectivity index (χ1) is 9.68. The average Bonchev–Trinajstić information content (AvgIpc) is 2.38. The van der Waals surface area contributed by atoms with Gasteiger partial charge in [0.2, 0.25) is 0 Å². The second-order valence-corrected chi connectivity index (χ2v) is 7.93. The predicted molar refractivity (Wildman–Crippen MR) is 91.1 cm³/mol. The number of hydrogen-bond acceptors (Lipinski definition) is 3. The number of halogens is 3. The van der Waals surface area contributed by atoms with Gasteiger partial charge < -0.3 is 0 Å². The van der Waals surface area contributed by atoms with Gasteiger partial charge in [-0.15, -0.1) is 0 Å². The molecule has 0 aliphatic carbocycles. The van der Waals surface area contributed by atoms with E-state index in [0.29, 0.717) is 15.2 Å². The third-order valence-corrected chi connectivity index (χ3v) is 5.01. The van der Waals surface area contributed by atoms with Gasteiger partial charge in [0.25, 0.3) is 0 Å². The predicted octanol–water partition coefficient (Wildman–Crippen LogP) is 6.19. The Morgan fingerprint density at radius 3 is 2.24 bits per heavy atom. The molecule has 0 amide bonds. The largest absolute Gasteiger partial charge is 0.225 e. The second-order valence-electron chi connectivity index (χ2n) is 5.70. The van der Waals surface area contributed by atoms with E-state index in [1.54, 1.807) is 6.07 Å². The summed E-state index contributed by atoms with van der Waals surface area (Å²) < 4.78 is 0. The fraction of sp³-hybridized carbons (Fsp3) is 0.333. The Morgan fingerprint density at radius 1 is 1.00 bits per heavy atom. The third kappa shape index (κ3) is 4.04. The summed E-state index contributed by atoms with van der Waals surface area (Å²) in [5.74, 6) is 0.723. The van der Waals surface area contributed by atoms with Gasteiger partial charge in [-0.2, -0.15) is 0 Å². The van der Waals surface area contributed by atoms with Crippen molar-refractivity contribution < 1.29 is 0 Å². The third-order valence-electron chi connectivity index (χ3n) is 2.82. The zero-order valence-electron chi connectivity index (χ0n) is 12.2. The summed E-state index contributed by atoms with van der Waals surface area (Å²) >= 11 is 19.7. The van der Waals surface area contributed by atoms with Crippen LogP contribution in [0.4, 0.5) is 0 Å². The van der Waals surface area contributed by atoms with Crippen molar-refractivity contribution in [2.24, 2.45) is 0 Å². The number of benzene rings is 1. The fourth-order valence-corrected chi connectivity index (χ4v) is 3.06. The van der Waals surface area contributed by atoms with Crippen LogP contribution in [0, 0.1) is 6.92 Å². The molecule has 0 bridgehead atoms. The maximum atomic E-state index is 6.24. The van der Waals surface area contributed by atoms with Crippen LogP contribution in [0.1, 0.15) is 32.2 Å². The first kappa shape index (κ1) is 16.9. The van der Waals surface area contributed by atoms with Crippen LogP contribution in [0.15, 0.2) is 28.1 Å². The number of aromatic nitrogens is 2. The molecule has 2 rings (SSSR count). The summed E-state index contributed by atoms with van der Waals surface area (Å²) in [6, 6.07) is 5.50. The number of rotatable bonds is 2. The van der Waals surface area contributed by atoms with Gasteiger partial charge in [0.1, 0.15) is 16.0 Å². The lowest BCUT2D eigenvalue weighted by atomic mass is 9.96. The summed E-state index contributed by atoms with van der Waals surface area (Å²) in [5.41, 5.74) is 0.699. The maximum Gasteiger partial charge on any atom is 0.136 e. The summed E-state index contributed by atoms with van der Waals surface area (Å²) in [7, 11) is 0. The van der Waals surface area contributed by atoms with E-state index in [-0.39, 0.29) is 5.41 Å². The number of hydrogen-bond donors (Lipinski definition) is 0. The first-order valence-corrected chi connectivity index (χ1v) is 8.31. The van der Waals surface area contributed by atoms with Crippen molar-refractivity contribution in [3.63, 3.8) is 0 Å². The topological polar surface area (TPSA) is 25.8 Å². The second kappa shape index (κ2) is 6.33. The Labute approximate surface area is 144 Å². The molecule has 2 nitrogen and oxygen atoms in total. The molecule has 0 aliphatic rings. The van der Waals surface area contributed by atoms with Gasteiger partial charge >= 0.3 is 0 Å². The van der Waals surface area contributed by atoms with Crippen molar-refractivity contribution in [3.8, 4) is 0 Å². The van der Waals surface area contributed by atoms with Crippen molar-refractivity contribution in [3.05, 3.63) is 44.8 Å². The fourth-order valence-electron chi connectivity index (χ4n) is 1.56. The molecule has 0 spiro atoms. The van der Waals surface area contributed by atoms with E-state index in [0.717, 1.165) is 21.3 Å². The van der Waals surface area contributed by atoms with Gasteiger partial charge in [-0.25, -0.2) is 9.97 Å². The molecule has 0 N–H and O–H groups in total. The van der Waals surface area contributed by atoms with Crippen LogP contribution in [-0.4, -0.2) is 9.97 Å². The Hall–Kier alpha value is -0.480. The van der Waals surface area contributed by atoms with Gasteiger partial charge in [-0.05, 0) is 25.1 Å².